The second kappa shape index (κ2) is 3.84. The quantitative estimate of drug-likeness (QED) is 0.671. The highest BCUT2D eigenvalue weighted by molar-refractivity contribution is 6.02. The van der Waals surface area contributed by atoms with Crippen LogP contribution in [0.2, 0.25) is 0 Å². The highest BCUT2D eigenvalue weighted by atomic mass is 16.2. The molecule has 0 aliphatic carbocycles. The van der Waals surface area contributed by atoms with Crippen molar-refractivity contribution >= 4 is 17.5 Å². The van der Waals surface area contributed by atoms with E-state index in [1.807, 2.05) is 19.1 Å². The Kier molecular flexibility index (Phi) is 2.52. The fourth-order valence-corrected chi connectivity index (χ4v) is 1.73. The SMILES string of the molecule is Cc1ccc2c(c1)C(=O)NC(CC(N)=O)N2. The van der Waals surface area contributed by atoms with Gasteiger partial charge in [0.15, 0.2) is 0 Å². The number of nitrogens with two attached hydrogens (primary N) is 1. The summed E-state index contributed by atoms with van der Waals surface area (Å²) in [6.45, 7) is 1.92. The van der Waals surface area contributed by atoms with Gasteiger partial charge in [0, 0.05) is 5.69 Å². The first kappa shape index (κ1) is 10.5. The first-order chi connectivity index (χ1) is 7.56. The van der Waals surface area contributed by atoms with Gasteiger partial charge < -0.3 is 16.4 Å². The van der Waals surface area contributed by atoms with Gasteiger partial charge in [0.05, 0.1) is 12.0 Å². The lowest BCUT2D eigenvalue weighted by Gasteiger charge is -2.27. The predicted molar refractivity (Wildman–Crippen MR) is 59.9 cm³/mol. The Bertz CT molecular complexity index is 457. The van der Waals surface area contributed by atoms with Crippen LogP contribution in [0.25, 0.3) is 0 Å². The van der Waals surface area contributed by atoms with Crippen LogP contribution in [-0.4, -0.2) is 18.0 Å². The van der Waals surface area contributed by atoms with Crippen molar-refractivity contribution in [2.24, 2.45) is 5.73 Å². The van der Waals surface area contributed by atoms with E-state index >= 15 is 0 Å². The maximum atomic E-state index is 11.7. The number of aryl methyl sites for hydroxylation is 1. The standard InChI is InChI=1S/C11H13N3O2/c1-6-2-3-8-7(4-6)11(16)14-10(13-8)5-9(12)15/h2-4,10,13H,5H2,1H3,(H2,12,15)(H,14,16). The van der Waals surface area contributed by atoms with E-state index in [0.29, 0.717) is 5.56 Å². The molecule has 4 N–H and O–H groups in total. The van der Waals surface area contributed by atoms with Crippen LogP contribution in [0.5, 0.6) is 0 Å². The van der Waals surface area contributed by atoms with Crippen molar-refractivity contribution in [1.29, 1.82) is 0 Å². The van der Waals surface area contributed by atoms with E-state index in [4.69, 9.17) is 5.73 Å². The maximum absolute atomic E-state index is 11.7. The van der Waals surface area contributed by atoms with Gasteiger partial charge >= 0.3 is 0 Å². The fraction of sp³-hybridized carbons (Fsp3) is 0.273. The van der Waals surface area contributed by atoms with Crippen molar-refractivity contribution in [2.75, 3.05) is 5.32 Å². The molecule has 1 aliphatic rings. The zero-order valence-electron chi connectivity index (χ0n) is 8.91. The lowest BCUT2D eigenvalue weighted by atomic mass is 10.1. The molecule has 0 fully saturated rings. The van der Waals surface area contributed by atoms with Crippen molar-refractivity contribution in [2.45, 2.75) is 19.5 Å². The number of fused-ring (bicyclic) bond motifs is 1. The number of hydrogen-bond donors (Lipinski definition) is 3. The molecule has 1 aromatic carbocycles. The molecule has 1 aromatic rings. The molecule has 0 radical (unpaired) electrons. The van der Waals surface area contributed by atoms with Crippen LogP contribution in [0.1, 0.15) is 22.3 Å². The molecule has 0 spiro atoms. The van der Waals surface area contributed by atoms with E-state index < -0.39 is 12.1 Å². The highest BCUT2D eigenvalue weighted by Crippen LogP contribution is 2.21. The number of anilines is 1. The number of rotatable bonds is 2. The van der Waals surface area contributed by atoms with Crippen LogP contribution in [0.15, 0.2) is 18.2 Å². The summed E-state index contributed by atoms with van der Waals surface area (Å²) in [5.74, 6) is -0.628. The summed E-state index contributed by atoms with van der Waals surface area (Å²) in [4.78, 5) is 22.5. The Morgan fingerprint density at radius 2 is 2.19 bits per heavy atom. The second-order valence-corrected chi connectivity index (χ2v) is 3.89. The van der Waals surface area contributed by atoms with E-state index in [-0.39, 0.29) is 12.3 Å². The summed E-state index contributed by atoms with van der Waals surface area (Å²) in [5, 5.41) is 5.73. The summed E-state index contributed by atoms with van der Waals surface area (Å²) in [6.07, 6.45) is -0.334. The minimum absolute atomic E-state index is 0.0824. The molecule has 1 aliphatic heterocycles. The third-order valence-electron chi connectivity index (χ3n) is 2.46. The van der Waals surface area contributed by atoms with Crippen molar-refractivity contribution < 1.29 is 9.59 Å². The number of amides is 2. The molecule has 0 bridgehead atoms. The molecule has 5 heteroatoms. The Morgan fingerprint density at radius 3 is 2.88 bits per heavy atom. The summed E-state index contributed by atoms with van der Waals surface area (Å²) in [6, 6.07) is 5.54. The smallest absolute Gasteiger partial charge is 0.254 e. The largest absolute Gasteiger partial charge is 0.370 e. The Balaban J connectivity index is 2.26. The number of hydrogen-bond acceptors (Lipinski definition) is 3. The zero-order valence-corrected chi connectivity index (χ0v) is 8.91. The van der Waals surface area contributed by atoms with Gasteiger partial charge in [-0.05, 0) is 19.1 Å². The molecule has 0 aromatic heterocycles. The highest BCUT2D eigenvalue weighted by Gasteiger charge is 2.24. The van der Waals surface area contributed by atoms with Crippen LogP contribution >= 0.6 is 0 Å². The summed E-state index contributed by atoms with van der Waals surface area (Å²) < 4.78 is 0. The van der Waals surface area contributed by atoms with Crippen LogP contribution < -0.4 is 16.4 Å². The predicted octanol–water partition coefficient (Wildman–Crippen LogP) is 0.352. The molecule has 1 unspecified atom stereocenters. The molecule has 84 valence electrons. The number of carbonyl (C=O) groups is 2. The van der Waals surface area contributed by atoms with Gasteiger partial charge in [-0.2, -0.15) is 0 Å². The molecule has 2 amide bonds. The van der Waals surface area contributed by atoms with Crippen LogP contribution in [0.4, 0.5) is 5.69 Å². The third kappa shape index (κ3) is 1.98. The minimum Gasteiger partial charge on any atom is -0.370 e. The van der Waals surface area contributed by atoms with Crippen LogP contribution in [0, 0.1) is 6.92 Å². The molecule has 2 rings (SSSR count). The van der Waals surface area contributed by atoms with Gasteiger partial charge in [0.2, 0.25) is 5.91 Å². The average molecular weight is 219 g/mol. The summed E-state index contributed by atoms with van der Waals surface area (Å²) >= 11 is 0. The normalized spacial score (nSPS) is 18.3. The molecule has 5 nitrogen and oxygen atoms in total. The van der Waals surface area contributed by atoms with Crippen molar-refractivity contribution in [3.8, 4) is 0 Å². The monoisotopic (exact) mass is 219 g/mol. The number of carbonyl (C=O) groups excluding carboxylic acids is 2. The topological polar surface area (TPSA) is 84.2 Å². The zero-order chi connectivity index (χ0) is 11.7. The van der Waals surface area contributed by atoms with E-state index in [0.717, 1.165) is 11.3 Å². The number of nitrogens with one attached hydrogen (secondary N) is 2. The lowest BCUT2D eigenvalue weighted by Crippen LogP contribution is -2.46. The van der Waals surface area contributed by atoms with Gasteiger partial charge in [-0.1, -0.05) is 11.6 Å². The Hall–Kier alpha value is -2.04. The number of primary amides is 1. The Labute approximate surface area is 93.0 Å². The van der Waals surface area contributed by atoms with Gasteiger partial charge in [-0.25, -0.2) is 0 Å². The van der Waals surface area contributed by atoms with E-state index in [1.165, 1.54) is 0 Å². The lowest BCUT2D eigenvalue weighted by molar-refractivity contribution is -0.118. The molecule has 1 atom stereocenters. The first-order valence-electron chi connectivity index (χ1n) is 5.02. The van der Waals surface area contributed by atoms with Gasteiger partial charge in [0.1, 0.15) is 6.17 Å². The van der Waals surface area contributed by atoms with Crippen LogP contribution in [0.3, 0.4) is 0 Å². The fourth-order valence-electron chi connectivity index (χ4n) is 1.73. The average Bonchev–Trinajstić information content (AvgIpc) is 2.18. The summed E-state index contributed by atoms with van der Waals surface area (Å²) in [5.41, 5.74) is 7.43. The van der Waals surface area contributed by atoms with Crippen molar-refractivity contribution in [3.05, 3.63) is 29.3 Å². The molecule has 0 saturated carbocycles. The van der Waals surface area contributed by atoms with E-state index in [2.05, 4.69) is 10.6 Å². The van der Waals surface area contributed by atoms with Gasteiger partial charge in [-0.15, -0.1) is 0 Å². The van der Waals surface area contributed by atoms with E-state index in [9.17, 15) is 9.59 Å². The minimum atomic E-state index is -0.451. The van der Waals surface area contributed by atoms with Crippen molar-refractivity contribution in [1.82, 2.24) is 5.32 Å². The second-order valence-electron chi connectivity index (χ2n) is 3.89. The van der Waals surface area contributed by atoms with Crippen LogP contribution in [-0.2, 0) is 4.79 Å². The van der Waals surface area contributed by atoms with Gasteiger partial charge in [-0.3, -0.25) is 9.59 Å². The van der Waals surface area contributed by atoms with Crippen molar-refractivity contribution in [3.63, 3.8) is 0 Å². The third-order valence-corrected chi connectivity index (χ3v) is 2.46. The van der Waals surface area contributed by atoms with E-state index in [1.54, 1.807) is 6.07 Å². The van der Waals surface area contributed by atoms with Gasteiger partial charge in [0.25, 0.3) is 5.91 Å². The number of benzene rings is 1. The summed E-state index contributed by atoms with van der Waals surface area (Å²) in [7, 11) is 0. The molecule has 0 saturated heterocycles. The Morgan fingerprint density at radius 1 is 1.44 bits per heavy atom. The molecule has 16 heavy (non-hydrogen) atoms. The maximum Gasteiger partial charge on any atom is 0.254 e. The molecular formula is C11H13N3O2. The molecular weight excluding hydrogens is 206 g/mol. The molecule has 1 heterocycles. The first-order valence-corrected chi connectivity index (χ1v) is 5.02.